The van der Waals surface area contributed by atoms with Crippen molar-refractivity contribution in [3.63, 3.8) is 0 Å². The van der Waals surface area contributed by atoms with Gasteiger partial charge in [-0.15, -0.1) is 0 Å². The maximum absolute atomic E-state index is 12.5. The fraction of sp³-hybridized carbons (Fsp3) is 0.632. The van der Waals surface area contributed by atoms with Crippen molar-refractivity contribution in [1.82, 2.24) is 5.32 Å². The smallest absolute Gasteiger partial charge is 0.253 e. The van der Waals surface area contributed by atoms with E-state index < -0.39 is 0 Å². The molecule has 1 aromatic rings. The van der Waals surface area contributed by atoms with Crippen molar-refractivity contribution in [2.24, 2.45) is 0 Å². The first-order valence-electron chi connectivity index (χ1n) is 9.08. The molecule has 4 nitrogen and oxygen atoms in total. The van der Waals surface area contributed by atoms with Crippen LogP contribution < -0.4 is 10.2 Å². The van der Waals surface area contributed by atoms with Gasteiger partial charge in [0.15, 0.2) is 0 Å². The van der Waals surface area contributed by atoms with Crippen LogP contribution in [0.2, 0.25) is 0 Å². The van der Waals surface area contributed by atoms with Gasteiger partial charge in [-0.1, -0.05) is 25.0 Å². The number of anilines is 1. The molecule has 3 rings (SSSR count). The molecule has 1 amide bonds. The number of amides is 1. The number of carbonyl (C=O) groups is 1. The molecule has 0 bridgehead atoms. The Hall–Kier alpha value is -1.55. The number of hydrogen-bond donors (Lipinski definition) is 1. The van der Waals surface area contributed by atoms with E-state index in [0.717, 1.165) is 37.4 Å². The van der Waals surface area contributed by atoms with Crippen molar-refractivity contribution < 1.29 is 9.53 Å². The normalized spacial score (nSPS) is 18.5. The van der Waals surface area contributed by atoms with E-state index in [1.807, 2.05) is 18.2 Å². The van der Waals surface area contributed by atoms with Crippen LogP contribution in [0.4, 0.5) is 5.69 Å². The van der Waals surface area contributed by atoms with Gasteiger partial charge in [-0.2, -0.15) is 0 Å². The predicted molar refractivity (Wildman–Crippen MR) is 93.0 cm³/mol. The lowest BCUT2D eigenvalue weighted by molar-refractivity contribution is 0.0565. The third-order valence-corrected chi connectivity index (χ3v) is 4.86. The maximum atomic E-state index is 12.5. The van der Waals surface area contributed by atoms with Crippen LogP contribution in [-0.4, -0.2) is 38.3 Å². The summed E-state index contributed by atoms with van der Waals surface area (Å²) < 4.78 is 5.84. The Morgan fingerprint density at radius 3 is 2.65 bits per heavy atom. The Bertz CT molecular complexity index is 506. The number of ether oxygens (including phenoxy) is 1. The quantitative estimate of drug-likeness (QED) is 0.784. The number of benzene rings is 1. The molecule has 0 aromatic heterocycles. The van der Waals surface area contributed by atoms with Gasteiger partial charge in [-0.25, -0.2) is 0 Å². The summed E-state index contributed by atoms with van der Waals surface area (Å²) >= 11 is 0. The average molecular weight is 316 g/mol. The standard InChI is InChI=1S/C19H28N2O2/c22-19(20-12-7-15-23-16-8-1-2-9-16)17-10-3-4-11-18(17)21-13-5-6-14-21/h3-4,10-11,16H,1-2,5-9,12-15H2,(H,20,22). The molecule has 1 saturated heterocycles. The van der Waals surface area contributed by atoms with Crippen LogP contribution in [0, 0.1) is 0 Å². The van der Waals surface area contributed by atoms with Crippen LogP contribution in [0.1, 0.15) is 55.3 Å². The van der Waals surface area contributed by atoms with Crippen LogP contribution in [0.15, 0.2) is 24.3 Å². The van der Waals surface area contributed by atoms with E-state index in [1.165, 1.54) is 38.5 Å². The molecule has 0 unspecified atom stereocenters. The fourth-order valence-corrected chi connectivity index (χ4v) is 3.57. The summed E-state index contributed by atoms with van der Waals surface area (Å²) in [6.07, 6.45) is 8.78. The van der Waals surface area contributed by atoms with E-state index in [2.05, 4.69) is 16.3 Å². The first kappa shape index (κ1) is 16.3. The Labute approximate surface area is 139 Å². The topological polar surface area (TPSA) is 41.6 Å². The molecule has 2 aliphatic rings. The SMILES string of the molecule is O=C(NCCCOC1CCCC1)c1ccccc1N1CCCC1. The second kappa shape index (κ2) is 8.34. The highest BCUT2D eigenvalue weighted by Gasteiger charge is 2.19. The van der Waals surface area contributed by atoms with Crippen LogP contribution in [0.3, 0.4) is 0 Å². The number of rotatable bonds is 7. The van der Waals surface area contributed by atoms with Crippen molar-refractivity contribution in [1.29, 1.82) is 0 Å². The molecule has 2 fully saturated rings. The molecule has 126 valence electrons. The molecule has 1 aliphatic heterocycles. The molecule has 1 N–H and O–H groups in total. The van der Waals surface area contributed by atoms with Gasteiger partial charge < -0.3 is 15.0 Å². The van der Waals surface area contributed by atoms with Crippen LogP contribution >= 0.6 is 0 Å². The van der Waals surface area contributed by atoms with Gasteiger partial charge in [0.25, 0.3) is 5.91 Å². The van der Waals surface area contributed by atoms with Crippen LogP contribution in [0.25, 0.3) is 0 Å². The van der Waals surface area contributed by atoms with Gasteiger partial charge in [-0.3, -0.25) is 4.79 Å². The Morgan fingerprint density at radius 1 is 1.13 bits per heavy atom. The fourth-order valence-electron chi connectivity index (χ4n) is 3.57. The second-order valence-electron chi connectivity index (χ2n) is 6.60. The number of nitrogens with zero attached hydrogens (tertiary/aromatic N) is 1. The largest absolute Gasteiger partial charge is 0.378 e. The van der Waals surface area contributed by atoms with E-state index >= 15 is 0 Å². The monoisotopic (exact) mass is 316 g/mol. The molecule has 1 aromatic carbocycles. The van der Waals surface area contributed by atoms with Gasteiger partial charge in [0, 0.05) is 31.9 Å². The Morgan fingerprint density at radius 2 is 1.87 bits per heavy atom. The zero-order chi connectivity index (χ0) is 15.9. The third-order valence-electron chi connectivity index (χ3n) is 4.86. The van der Waals surface area contributed by atoms with Crippen LogP contribution in [0.5, 0.6) is 0 Å². The van der Waals surface area contributed by atoms with Crippen molar-refractivity contribution in [3.05, 3.63) is 29.8 Å². The van der Waals surface area contributed by atoms with E-state index in [9.17, 15) is 4.79 Å². The molecule has 1 saturated carbocycles. The highest BCUT2D eigenvalue weighted by molar-refractivity contribution is 5.99. The molecular formula is C19H28N2O2. The van der Waals surface area contributed by atoms with E-state index in [4.69, 9.17) is 4.74 Å². The summed E-state index contributed by atoms with van der Waals surface area (Å²) in [6, 6.07) is 7.94. The highest BCUT2D eigenvalue weighted by Crippen LogP contribution is 2.24. The van der Waals surface area contributed by atoms with E-state index in [-0.39, 0.29) is 5.91 Å². The van der Waals surface area contributed by atoms with Gasteiger partial charge in [0.2, 0.25) is 0 Å². The number of para-hydroxylation sites is 1. The first-order chi connectivity index (χ1) is 11.3. The highest BCUT2D eigenvalue weighted by atomic mass is 16.5. The molecule has 4 heteroatoms. The lowest BCUT2D eigenvalue weighted by Gasteiger charge is -2.21. The van der Waals surface area contributed by atoms with Crippen molar-refractivity contribution in [3.8, 4) is 0 Å². The second-order valence-corrected chi connectivity index (χ2v) is 6.60. The Balaban J connectivity index is 1.44. The molecule has 23 heavy (non-hydrogen) atoms. The van der Waals surface area contributed by atoms with Gasteiger partial charge >= 0.3 is 0 Å². The maximum Gasteiger partial charge on any atom is 0.253 e. The minimum Gasteiger partial charge on any atom is -0.378 e. The summed E-state index contributed by atoms with van der Waals surface area (Å²) in [6.45, 7) is 3.54. The molecular weight excluding hydrogens is 288 g/mol. The molecule has 0 atom stereocenters. The zero-order valence-electron chi connectivity index (χ0n) is 13.9. The summed E-state index contributed by atoms with van der Waals surface area (Å²) in [7, 11) is 0. The minimum absolute atomic E-state index is 0.0355. The lowest BCUT2D eigenvalue weighted by atomic mass is 10.1. The molecule has 0 radical (unpaired) electrons. The first-order valence-corrected chi connectivity index (χ1v) is 9.08. The van der Waals surface area contributed by atoms with Gasteiger partial charge in [0.05, 0.1) is 11.7 Å². The summed E-state index contributed by atoms with van der Waals surface area (Å²) in [5, 5.41) is 3.04. The van der Waals surface area contributed by atoms with Crippen molar-refractivity contribution >= 4 is 11.6 Å². The van der Waals surface area contributed by atoms with E-state index in [1.54, 1.807) is 0 Å². The van der Waals surface area contributed by atoms with E-state index in [0.29, 0.717) is 12.6 Å². The Kier molecular flexibility index (Phi) is 5.92. The van der Waals surface area contributed by atoms with Crippen molar-refractivity contribution in [2.75, 3.05) is 31.1 Å². The minimum atomic E-state index is 0.0355. The molecule has 1 aliphatic carbocycles. The molecule has 1 heterocycles. The zero-order valence-corrected chi connectivity index (χ0v) is 13.9. The predicted octanol–water partition coefficient (Wildman–Crippen LogP) is 3.37. The van der Waals surface area contributed by atoms with Gasteiger partial charge in [-0.05, 0) is 44.2 Å². The summed E-state index contributed by atoms with van der Waals surface area (Å²) in [5.74, 6) is 0.0355. The number of hydrogen-bond acceptors (Lipinski definition) is 3. The summed E-state index contributed by atoms with van der Waals surface area (Å²) in [4.78, 5) is 14.8. The lowest BCUT2D eigenvalue weighted by Crippen LogP contribution is -2.28. The average Bonchev–Trinajstić information content (AvgIpc) is 3.28. The summed E-state index contributed by atoms with van der Waals surface area (Å²) in [5.41, 5.74) is 1.87. The van der Waals surface area contributed by atoms with Crippen molar-refractivity contribution in [2.45, 2.75) is 51.0 Å². The van der Waals surface area contributed by atoms with Crippen LogP contribution in [-0.2, 0) is 4.74 Å². The molecule has 0 spiro atoms. The number of carbonyl (C=O) groups excluding carboxylic acids is 1. The number of nitrogens with one attached hydrogen (secondary N) is 1. The van der Waals surface area contributed by atoms with Gasteiger partial charge in [0.1, 0.15) is 0 Å². The third kappa shape index (κ3) is 4.47.